The maximum absolute atomic E-state index is 11.3. The summed E-state index contributed by atoms with van der Waals surface area (Å²) in [7, 11) is 0. The van der Waals surface area contributed by atoms with Gasteiger partial charge in [-0.3, -0.25) is 10.1 Å². The summed E-state index contributed by atoms with van der Waals surface area (Å²) in [6.07, 6.45) is 4.75. The molecule has 8 heteroatoms. The molecule has 2 rings (SSSR count). The Morgan fingerprint density at radius 3 is 2.71 bits per heavy atom. The quantitative estimate of drug-likeness (QED) is 0.437. The van der Waals surface area contributed by atoms with Crippen LogP contribution in [-0.2, 0) is 6.54 Å². The van der Waals surface area contributed by atoms with Crippen molar-refractivity contribution in [3.8, 4) is 0 Å². The Morgan fingerprint density at radius 1 is 1.33 bits per heavy atom. The minimum Gasteiger partial charge on any atom is -0.467 e. The summed E-state index contributed by atoms with van der Waals surface area (Å²) in [4.78, 5) is 18.7. The van der Waals surface area contributed by atoms with Gasteiger partial charge >= 0.3 is 5.69 Å². The predicted molar refractivity (Wildman–Crippen MR) is 78.1 cm³/mol. The molecule has 0 aliphatic heterocycles. The standard InChI is InChI=1S/C13H17N5O3/c1-2-3-6-14-12-11(18(19)20)13(17-9-16-12)15-8-10-5-4-7-21-10/h4-5,7,9H,2-3,6,8H2,1H3,(H2,14,15,16,17). The number of aromatic nitrogens is 2. The van der Waals surface area contributed by atoms with E-state index in [4.69, 9.17) is 4.42 Å². The molecule has 0 fully saturated rings. The minimum atomic E-state index is -0.487. The second kappa shape index (κ2) is 7.22. The van der Waals surface area contributed by atoms with Gasteiger partial charge in [-0.1, -0.05) is 13.3 Å². The highest BCUT2D eigenvalue weighted by Crippen LogP contribution is 2.29. The van der Waals surface area contributed by atoms with Crippen LogP contribution in [0.3, 0.4) is 0 Å². The summed E-state index contributed by atoms with van der Waals surface area (Å²) >= 11 is 0. The van der Waals surface area contributed by atoms with Gasteiger partial charge in [-0.05, 0) is 18.6 Å². The van der Waals surface area contributed by atoms with E-state index < -0.39 is 4.92 Å². The van der Waals surface area contributed by atoms with Crippen molar-refractivity contribution in [3.63, 3.8) is 0 Å². The minimum absolute atomic E-state index is 0.153. The molecule has 0 radical (unpaired) electrons. The normalized spacial score (nSPS) is 10.3. The topological polar surface area (TPSA) is 106 Å². The Labute approximate surface area is 121 Å². The maximum Gasteiger partial charge on any atom is 0.353 e. The van der Waals surface area contributed by atoms with Gasteiger partial charge in [0.2, 0.25) is 11.6 Å². The lowest BCUT2D eigenvalue weighted by Gasteiger charge is -2.09. The molecule has 0 unspecified atom stereocenters. The zero-order chi connectivity index (χ0) is 15.1. The Bertz CT molecular complexity index is 585. The van der Waals surface area contributed by atoms with Crippen LogP contribution in [0.5, 0.6) is 0 Å². The van der Waals surface area contributed by atoms with Gasteiger partial charge in [-0.25, -0.2) is 9.97 Å². The largest absolute Gasteiger partial charge is 0.467 e. The molecule has 0 atom stereocenters. The highest BCUT2D eigenvalue weighted by molar-refractivity contribution is 5.69. The molecule has 0 aromatic carbocycles. The summed E-state index contributed by atoms with van der Waals surface area (Å²) in [6.45, 7) is 3.00. The Kier molecular flexibility index (Phi) is 5.08. The van der Waals surface area contributed by atoms with Crippen molar-refractivity contribution in [2.45, 2.75) is 26.3 Å². The van der Waals surface area contributed by atoms with Gasteiger partial charge in [0, 0.05) is 6.54 Å². The molecule has 2 aromatic heterocycles. The molecule has 0 saturated carbocycles. The first kappa shape index (κ1) is 14.8. The van der Waals surface area contributed by atoms with E-state index in [0.717, 1.165) is 12.8 Å². The fourth-order valence-electron chi connectivity index (χ4n) is 1.78. The number of hydrogen-bond donors (Lipinski definition) is 2. The van der Waals surface area contributed by atoms with Crippen molar-refractivity contribution >= 4 is 17.3 Å². The van der Waals surface area contributed by atoms with Crippen LogP contribution in [0.15, 0.2) is 29.1 Å². The van der Waals surface area contributed by atoms with Crippen LogP contribution in [0, 0.1) is 10.1 Å². The third-order valence-electron chi connectivity index (χ3n) is 2.84. The second-order valence-corrected chi connectivity index (χ2v) is 4.39. The molecule has 0 spiro atoms. The Balaban J connectivity index is 2.15. The Morgan fingerprint density at radius 2 is 2.10 bits per heavy atom. The van der Waals surface area contributed by atoms with E-state index in [1.807, 2.05) is 6.92 Å². The molecule has 0 aliphatic carbocycles. The predicted octanol–water partition coefficient (Wildman–Crippen LogP) is 2.80. The monoisotopic (exact) mass is 291 g/mol. The van der Waals surface area contributed by atoms with Gasteiger partial charge in [0.05, 0.1) is 17.7 Å². The van der Waals surface area contributed by atoms with Gasteiger partial charge in [-0.15, -0.1) is 0 Å². The summed E-state index contributed by atoms with van der Waals surface area (Å²) in [5, 5.41) is 17.1. The molecule has 2 aromatic rings. The summed E-state index contributed by atoms with van der Waals surface area (Å²) < 4.78 is 5.17. The molecule has 2 heterocycles. The average Bonchev–Trinajstić information content (AvgIpc) is 2.98. The average molecular weight is 291 g/mol. The van der Waals surface area contributed by atoms with Crippen molar-refractivity contribution in [3.05, 3.63) is 40.6 Å². The first-order chi connectivity index (χ1) is 10.2. The highest BCUT2D eigenvalue weighted by atomic mass is 16.6. The van der Waals surface area contributed by atoms with Crippen molar-refractivity contribution in [1.29, 1.82) is 0 Å². The van der Waals surface area contributed by atoms with Crippen LogP contribution >= 0.6 is 0 Å². The zero-order valence-corrected chi connectivity index (χ0v) is 11.7. The number of nitrogens with zero attached hydrogens (tertiary/aromatic N) is 3. The lowest BCUT2D eigenvalue weighted by atomic mass is 10.3. The van der Waals surface area contributed by atoms with E-state index in [0.29, 0.717) is 18.8 Å². The van der Waals surface area contributed by atoms with Gasteiger partial charge in [0.15, 0.2) is 0 Å². The van der Waals surface area contributed by atoms with Crippen LogP contribution in [0.2, 0.25) is 0 Å². The highest BCUT2D eigenvalue weighted by Gasteiger charge is 2.22. The van der Waals surface area contributed by atoms with Crippen LogP contribution < -0.4 is 10.6 Å². The van der Waals surface area contributed by atoms with E-state index in [2.05, 4.69) is 20.6 Å². The number of nitrogens with one attached hydrogen (secondary N) is 2. The van der Waals surface area contributed by atoms with Crippen LogP contribution in [0.4, 0.5) is 17.3 Å². The van der Waals surface area contributed by atoms with Crippen molar-refractivity contribution in [2.24, 2.45) is 0 Å². The summed E-state index contributed by atoms with van der Waals surface area (Å²) in [6, 6.07) is 3.53. The second-order valence-electron chi connectivity index (χ2n) is 4.39. The molecule has 2 N–H and O–H groups in total. The van der Waals surface area contributed by atoms with Gasteiger partial charge in [0.25, 0.3) is 0 Å². The van der Waals surface area contributed by atoms with Gasteiger partial charge in [-0.2, -0.15) is 0 Å². The number of anilines is 2. The maximum atomic E-state index is 11.3. The fourth-order valence-corrected chi connectivity index (χ4v) is 1.78. The van der Waals surface area contributed by atoms with E-state index in [9.17, 15) is 10.1 Å². The third kappa shape index (κ3) is 3.91. The van der Waals surface area contributed by atoms with Crippen molar-refractivity contribution < 1.29 is 9.34 Å². The molecule has 0 amide bonds. The van der Waals surface area contributed by atoms with Crippen LogP contribution in [0.25, 0.3) is 0 Å². The SMILES string of the molecule is CCCCNc1ncnc(NCc2ccco2)c1[N+](=O)[O-]. The van der Waals surface area contributed by atoms with Crippen molar-refractivity contribution in [2.75, 3.05) is 17.2 Å². The molecular weight excluding hydrogens is 274 g/mol. The van der Waals surface area contributed by atoms with E-state index in [1.165, 1.54) is 6.33 Å². The fraction of sp³-hybridized carbons (Fsp3) is 0.385. The first-order valence-corrected chi connectivity index (χ1v) is 6.72. The molecule has 0 aliphatic rings. The molecule has 8 nitrogen and oxygen atoms in total. The van der Waals surface area contributed by atoms with E-state index in [-0.39, 0.29) is 17.3 Å². The smallest absolute Gasteiger partial charge is 0.353 e. The number of unbranched alkanes of at least 4 members (excludes halogenated alkanes) is 1. The van der Waals surface area contributed by atoms with Gasteiger partial charge < -0.3 is 15.1 Å². The van der Waals surface area contributed by atoms with Crippen LogP contribution in [0.1, 0.15) is 25.5 Å². The lowest BCUT2D eigenvalue weighted by Crippen LogP contribution is -2.10. The zero-order valence-electron chi connectivity index (χ0n) is 11.7. The third-order valence-corrected chi connectivity index (χ3v) is 2.84. The molecule has 112 valence electrons. The molecule has 0 bridgehead atoms. The van der Waals surface area contributed by atoms with E-state index in [1.54, 1.807) is 18.4 Å². The molecular formula is C13H17N5O3. The van der Waals surface area contributed by atoms with Gasteiger partial charge in [0.1, 0.15) is 12.1 Å². The summed E-state index contributed by atoms with van der Waals surface area (Å²) in [5.41, 5.74) is -0.153. The molecule has 21 heavy (non-hydrogen) atoms. The Hall–Kier alpha value is -2.64. The lowest BCUT2D eigenvalue weighted by molar-refractivity contribution is -0.383. The number of hydrogen-bond acceptors (Lipinski definition) is 7. The summed E-state index contributed by atoms with van der Waals surface area (Å²) in [5.74, 6) is 1.07. The van der Waals surface area contributed by atoms with Crippen LogP contribution in [-0.4, -0.2) is 21.4 Å². The van der Waals surface area contributed by atoms with Crippen molar-refractivity contribution in [1.82, 2.24) is 9.97 Å². The van der Waals surface area contributed by atoms with E-state index >= 15 is 0 Å². The molecule has 0 saturated heterocycles. The number of rotatable bonds is 8. The number of nitro groups is 1. The number of furan rings is 1. The first-order valence-electron chi connectivity index (χ1n) is 6.72.